The molecule has 6 aromatic rings. The predicted molar refractivity (Wildman–Crippen MR) is 234 cm³/mol. The minimum Gasteiger partial charge on any atom is -0.378 e. The predicted octanol–water partition coefficient (Wildman–Crippen LogP) is 4.13. The third kappa shape index (κ3) is 7.66. The standard InChI is InChI=1S/C45H54N12O5/c1-51(32-13-17-53(18-14-32)27-30-5-3-6-37-41(30)52(2)45(61)57(37)38-11-12-40(58)49-44(38)60)26-29-7-9-33(10-8-29)56-28-31-23-36(39(24-35(31)50-56)54-19-21-62-22-20-54)48-43(59)34-25-47-55-16-4-15-46-42(34)55/h3-6,15-16,23-25,28-29,32-33,38H,7-14,17-22,26-27H2,1-2H3,(H,48,59)(H,49,58,60). The number of imide groups is 1. The van der Waals surface area contributed by atoms with Crippen LogP contribution in [-0.4, -0.2) is 120 Å². The first kappa shape index (κ1) is 40.2. The van der Waals surface area contributed by atoms with Crippen molar-refractivity contribution >= 4 is 56.7 Å². The number of nitrogens with zero attached hydrogens (tertiary/aromatic N) is 10. The lowest BCUT2D eigenvalue weighted by Gasteiger charge is -2.39. The summed E-state index contributed by atoms with van der Waals surface area (Å²) < 4.78 is 12.6. The third-order valence-electron chi connectivity index (χ3n) is 13.8. The monoisotopic (exact) mass is 842 g/mol. The molecule has 0 bridgehead atoms. The van der Waals surface area contributed by atoms with Crippen LogP contribution < -0.4 is 21.2 Å². The number of fused-ring (bicyclic) bond motifs is 3. The maximum Gasteiger partial charge on any atom is 0.329 e. The molecule has 2 N–H and O–H groups in total. The molecule has 17 heteroatoms. The average molecular weight is 843 g/mol. The molecular formula is C45H54N12O5. The van der Waals surface area contributed by atoms with E-state index in [4.69, 9.17) is 9.84 Å². The topological polar surface area (TPSA) is 169 Å². The van der Waals surface area contributed by atoms with Gasteiger partial charge in [-0.15, -0.1) is 0 Å². The maximum atomic E-state index is 13.6. The van der Waals surface area contributed by atoms with E-state index < -0.39 is 11.9 Å². The summed E-state index contributed by atoms with van der Waals surface area (Å²) in [6.45, 7) is 6.49. The second-order valence-corrected chi connectivity index (χ2v) is 17.6. The molecule has 324 valence electrons. The zero-order chi connectivity index (χ0) is 42.5. The molecule has 1 aliphatic carbocycles. The Balaban J connectivity index is 0.754. The van der Waals surface area contributed by atoms with Crippen molar-refractivity contribution in [3.63, 3.8) is 0 Å². The van der Waals surface area contributed by atoms with E-state index in [0.29, 0.717) is 48.8 Å². The number of morpholine rings is 1. The van der Waals surface area contributed by atoms with Crippen LogP contribution in [-0.2, 0) is 27.9 Å². The highest BCUT2D eigenvalue weighted by Gasteiger charge is 2.33. The summed E-state index contributed by atoms with van der Waals surface area (Å²) in [4.78, 5) is 63.3. The third-order valence-corrected chi connectivity index (χ3v) is 13.8. The summed E-state index contributed by atoms with van der Waals surface area (Å²) in [5.41, 5.74) is 5.96. The van der Waals surface area contributed by atoms with Crippen LogP contribution in [0.3, 0.4) is 0 Å². The number of rotatable bonds is 10. The highest BCUT2D eigenvalue weighted by Crippen LogP contribution is 2.37. The average Bonchev–Trinajstić information content (AvgIpc) is 3.98. The van der Waals surface area contributed by atoms with E-state index in [9.17, 15) is 19.2 Å². The van der Waals surface area contributed by atoms with Crippen LogP contribution in [0.5, 0.6) is 0 Å². The molecule has 7 heterocycles. The quantitative estimate of drug-likeness (QED) is 0.190. The van der Waals surface area contributed by atoms with Gasteiger partial charge in [-0.1, -0.05) is 12.1 Å². The number of para-hydroxylation sites is 1. The van der Waals surface area contributed by atoms with Gasteiger partial charge in [0.25, 0.3) is 5.91 Å². The van der Waals surface area contributed by atoms with Crippen molar-refractivity contribution in [2.75, 3.05) is 63.2 Å². The Labute approximate surface area is 358 Å². The number of ether oxygens (including phenoxy) is 1. The van der Waals surface area contributed by atoms with E-state index in [1.165, 1.54) is 0 Å². The number of piperidine rings is 2. The van der Waals surface area contributed by atoms with Crippen LogP contribution in [0.4, 0.5) is 11.4 Å². The summed E-state index contributed by atoms with van der Waals surface area (Å²) in [6.07, 6.45) is 14.3. The van der Waals surface area contributed by atoms with Gasteiger partial charge < -0.3 is 19.9 Å². The summed E-state index contributed by atoms with van der Waals surface area (Å²) in [6, 6.07) is 12.1. The second kappa shape index (κ2) is 16.8. The van der Waals surface area contributed by atoms with Crippen molar-refractivity contribution in [2.45, 2.75) is 76.0 Å². The Morgan fingerprint density at radius 1 is 0.984 bits per heavy atom. The lowest BCUT2D eigenvalue weighted by Crippen LogP contribution is -2.44. The number of hydrogen-bond donors (Lipinski definition) is 2. The number of imidazole rings is 1. The van der Waals surface area contributed by atoms with Gasteiger partial charge in [0, 0.05) is 69.7 Å². The smallest absolute Gasteiger partial charge is 0.329 e. The van der Waals surface area contributed by atoms with Crippen LogP contribution in [0, 0.1) is 5.92 Å². The lowest BCUT2D eigenvalue weighted by molar-refractivity contribution is -0.135. The maximum absolute atomic E-state index is 13.6. The number of anilines is 2. The Morgan fingerprint density at radius 3 is 2.58 bits per heavy atom. The number of carbonyl (C=O) groups is 3. The minimum absolute atomic E-state index is 0.223. The summed E-state index contributed by atoms with van der Waals surface area (Å²) >= 11 is 0. The molecule has 62 heavy (non-hydrogen) atoms. The van der Waals surface area contributed by atoms with Gasteiger partial charge in [-0.3, -0.25) is 38.4 Å². The van der Waals surface area contributed by atoms with Crippen molar-refractivity contribution in [3.8, 4) is 0 Å². The number of hydrogen-bond acceptors (Lipinski definition) is 11. The van der Waals surface area contributed by atoms with Gasteiger partial charge >= 0.3 is 5.69 Å². The number of benzene rings is 2. The van der Waals surface area contributed by atoms with E-state index in [2.05, 4.69) is 71.5 Å². The van der Waals surface area contributed by atoms with Crippen LogP contribution in [0.25, 0.3) is 27.6 Å². The van der Waals surface area contributed by atoms with E-state index in [1.807, 2.05) is 12.1 Å². The lowest BCUT2D eigenvalue weighted by atomic mass is 9.85. The van der Waals surface area contributed by atoms with E-state index in [0.717, 1.165) is 117 Å². The van der Waals surface area contributed by atoms with Gasteiger partial charge in [0.15, 0.2) is 5.65 Å². The Kier molecular flexibility index (Phi) is 10.9. The molecule has 0 spiro atoms. The molecule has 3 amide bonds. The Morgan fingerprint density at radius 2 is 1.79 bits per heavy atom. The SMILES string of the molecule is CN(CC1CCC(n2cc3cc(NC(=O)c4cnn5cccnc45)c(N4CCOCC4)cc3n2)CC1)C1CCN(Cc2cccc3c2n(C)c(=O)n3C2CCC(=O)NC2=O)CC1. The molecule has 4 fully saturated rings. The Bertz CT molecular complexity index is 2710. The fourth-order valence-electron chi connectivity index (χ4n) is 10.4. The first-order valence-electron chi connectivity index (χ1n) is 22.1. The molecular weight excluding hydrogens is 789 g/mol. The molecule has 4 aromatic heterocycles. The van der Waals surface area contributed by atoms with Crippen molar-refractivity contribution in [3.05, 3.63) is 82.8 Å². The van der Waals surface area contributed by atoms with Crippen molar-refractivity contribution in [1.82, 2.24) is 48.6 Å². The first-order valence-corrected chi connectivity index (χ1v) is 22.1. The molecule has 1 unspecified atom stereocenters. The molecule has 10 rings (SSSR count). The van der Waals surface area contributed by atoms with Gasteiger partial charge in [0.05, 0.1) is 53.4 Å². The van der Waals surface area contributed by atoms with Gasteiger partial charge in [-0.05, 0) is 101 Å². The minimum atomic E-state index is -0.689. The van der Waals surface area contributed by atoms with Crippen molar-refractivity contribution < 1.29 is 19.1 Å². The highest BCUT2D eigenvalue weighted by molar-refractivity contribution is 6.10. The number of aromatic nitrogens is 7. The number of nitrogens with one attached hydrogen (secondary N) is 2. The van der Waals surface area contributed by atoms with Crippen LogP contribution in [0.2, 0.25) is 0 Å². The molecule has 3 aliphatic heterocycles. The van der Waals surface area contributed by atoms with Gasteiger partial charge in [0.1, 0.15) is 11.6 Å². The fraction of sp³-hybridized carbons (Fsp3) is 0.489. The van der Waals surface area contributed by atoms with Gasteiger partial charge in [-0.2, -0.15) is 10.2 Å². The van der Waals surface area contributed by atoms with E-state index >= 15 is 0 Å². The number of aryl methyl sites for hydroxylation is 1. The number of carbonyl (C=O) groups excluding carboxylic acids is 3. The molecule has 0 radical (unpaired) electrons. The molecule has 1 saturated carbocycles. The summed E-state index contributed by atoms with van der Waals surface area (Å²) in [5.74, 6) is -0.322. The summed E-state index contributed by atoms with van der Waals surface area (Å²) in [5, 5.41) is 16.0. The van der Waals surface area contributed by atoms with Crippen LogP contribution >= 0.6 is 0 Å². The van der Waals surface area contributed by atoms with Gasteiger partial charge in [0.2, 0.25) is 11.8 Å². The Hall–Kier alpha value is -5.91. The second-order valence-electron chi connectivity index (χ2n) is 17.6. The highest BCUT2D eigenvalue weighted by atomic mass is 16.5. The number of likely N-dealkylation sites (tertiary alicyclic amines) is 1. The zero-order valence-electron chi connectivity index (χ0n) is 35.4. The molecule has 4 aliphatic rings. The molecule has 1 atom stereocenters. The van der Waals surface area contributed by atoms with Crippen molar-refractivity contribution in [1.29, 1.82) is 0 Å². The fourth-order valence-corrected chi connectivity index (χ4v) is 10.4. The van der Waals surface area contributed by atoms with E-state index in [-0.39, 0.29) is 23.9 Å². The molecule has 2 aromatic carbocycles. The number of amides is 3. The first-order chi connectivity index (χ1) is 30.2. The van der Waals surface area contributed by atoms with Gasteiger partial charge in [-0.25, -0.2) is 14.3 Å². The molecule has 3 saturated heterocycles. The van der Waals surface area contributed by atoms with Crippen LogP contribution in [0.1, 0.15) is 79.4 Å². The largest absolute Gasteiger partial charge is 0.378 e. The van der Waals surface area contributed by atoms with E-state index in [1.54, 1.807) is 45.4 Å². The zero-order valence-corrected chi connectivity index (χ0v) is 35.4. The molecule has 17 nitrogen and oxygen atoms in total. The normalized spacial score (nSPS) is 22.0. The summed E-state index contributed by atoms with van der Waals surface area (Å²) in [7, 11) is 4.06. The van der Waals surface area contributed by atoms with Crippen molar-refractivity contribution in [2.24, 2.45) is 13.0 Å². The van der Waals surface area contributed by atoms with Crippen LogP contribution in [0.15, 0.2) is 66.0 Å².